The lowest BCUT2D eigenvalue weighted by atomic mass is 10.1. The highest BCUT2D eigenvalue weighted by molar-refractivity contribution is 5.71. The molecule has 0 saturated carbocycles. The second kappa shape index (κ2) is 65.8. The van der Waals surface area contributed by atoms with E-state index in [9.17, 15) is 14.4 Å². The topological polar surface area (TPSA) is 78.9 Å². The second-order valence-electron chi connectivity index (χ2n) is 20.9. The third kappa shape index (κ3) is 64.0. The Morgan fingerprint density at radius 1 is 0.266 bits per heavy atom. The fraction of sp³-hybridized carbons (Fsp3) is 0.630. The molecular weight excluding hydrogens is 973 g/mol. The van der Waals surface area contributed by atoms with E-state index in [0.717, 1.165) is 180 Å². The van der Waals surface area contributed by atoms with Crippen molar-refractivity contribution in [3.63, 3.8) is 0 Å². The molecule has 0 rings (SSSR count). The summed E-state index contributed by atoms with van der Waals surface area (Å²) in [4.78, 5) is 38.2. The number of hydrogen-bond donors (Lipinski definition) is 0. The molecule has 1 atom stereocenters. The third-order valence-corrected chi connectivity index (χ3v) is 13.3. The van der Waals surface area contributed by atoms with Gasteiger partial charge in [0.2, 0.25) is 0 Å². The lowest BCUT2D eigenvalue weighted by molar-refractivity contribution is -0.167. The van der Waals surface area contributed by atoms with Crippen molar-refractivity contribution in [3.05, 3.63) is 146 Å². The number of carbonyl (C=O) groups excluding carboxylic acids is 3. The summed E-state index contributed by atoms with van der Waals surface area (Å²) in [6.45, 7) is 6.42. The van der Waals surface area contributed by atoms with Crippen LogP contribution in [0.3, 0.4) is 0 Å². The summed E-state index contributed by atoms with van der Waals surface area (Å²) < 4.78 is 16.9. The van der Waals surface area contributed by atoms with Crippen molar-refractivity contribution in [3.8, 4) is 0 Å². The Balaban J connectivity index is 4.34. The van der Waals surface area contributed by atoms with Crippen molar-refractivity contribution in [2.75, 3.05) is 13.2 Å². The van der Waals surface area contributed by atoms with Crippen LogP contribution in [0.5, 0.6) is 0 Å². The smallest absolute Gasteiger partial charge is 0.306 e. The average Bonchev–Trinajstić information content (AvgIpc) is 3.45. The Bertz CT molecular complexity index is 1730. The number of ether oxygens (including phenoxy) is 3. The number of carbonyl (C=O) groups is 3. The molecule has 0 bridgehead atoms. The monoisotopic (exact) mass is 1090 g/mol. The predicted molar refractivity (Wildman–Crippen MR) is 343 cm³/mol. The maximum Gasteiger partial charge on any atom is 0.306 e. The Morgan fingerprint density at radius 3 is 0.835 bits per heavy atom. The lowest BCUT2D eigenvalue weighted by Crippen LogP contribution is -2.30. The van der Waals surface area contributed by atoms with E-state index in [2.05, 4.69) is 167 Å². The number of allylic oxidation sites excluding steroid dienone is 24. The molecule has 6 heteroatoms. The Labute approximate surface area is 487 Å². The fourth-order valence-corrected chi connectivity index (χ4v) is 8.47. The molecule has 0 fully saturated rings. The summed E-state index contributed by atoms with van der Waals surface area (Å²) in [5.41, 5.74) is 0. The zero-order chi connectivity index (χ0) is 57.1. The lowest BCUT2D eigenvalue weighted by Gasteiger charge is -2.18. The number of esters is 3. The minimum absolute atomic E-state index is 0.0986. The second-order valence-corrected chi connectivity index (χ2v) is 20.9. The first-order valence-electron chi connectivity index (χ1n) is 32.3. The molecule has 446 valence electrons. The average molecular weight is 1090 g/mol. The molecule has 0 spiro atoms. The highest BCUT2D eigenvalue weighted by atomic mass is 16.6. The number of hydrogen-bond acceptors (Lipinski definition) is 6. The summed E-state index contributed by atoms with van der Waals surface area (Å²) in [6, 6.07) is 0. The molecule has 0 radical (unpaired) electrons. The van der Waals surface area contributed by atoms with Crippen LogP contribution in [0.2, 0.25) is 0 Å². The Kier molecular flexibility index (Phi) is 61.9. The quantitative estimate of drug-likeness (QED) is 0.0261. The van der Waals surface area contributed by atoms with Gasteiger partial charge in [-0.15, -0.1) is 0 Å². The van der Waals surface area contributed by atoms with Crippen LogP contribution < -0.4 is 0 Å². The highest BCUT2D eigenvalue weighted by Gasteiger charge is 2.19. The van der Waals surface area contributed by atoms with Crippen LogP contribution in [-0.4, -0.2) is 37.2 Å². The van der Waals surface area contributed by atoms with Gasteiger partial charge in [0.05, 0.1) is 0 Å². The molecule has 0 saturated heterocycles. The minimum Gasteiger partial charge on any atom is -0.462 e. The van der Waals surface area contributed by atoms with Gasteiger partial charge >= 0.3 is 17.9 Å². The van der Waals surface area contributed by atoms with Gasteiger partial charge in [-0.05, 0) is 141 Å². The summed E-state index contributed by atoms with van der Waals surface area (Å²) in [7, 11) is 0. The molecule has 0 aliphatic heterocycles. The Morgan fingerprint density at radius 2 is 0.519 bits per heavy atom. The van der Waals surface area contributed by atoms with E-state index in [0.29, 0.717) is 19.3 Å². The van der Waals surface area contributed by atoms with Crippen molar-refractivity contribution in [2.45, 2.75) is 284 Å². The third-order valence-electron chi connectivity index (χ3n) is 13.3. The molecule has 6 nitrogen and oxygen atoms in total. The van der Waals surface area contributed by atoms with Crippen molar-refractivity contribution in [1.29, 1.82) is 0 Å². The molecule has 0 aromatic heterocycles. The van der Waals surface area contributed by atoms with Crippen LogP contribution in [0.25, 0.3) is 0 Å². The van der Waals surface area contributed by atoms with E-state index in [1.54, 1.807) is 0 Å². The predicted octanol–water partition coefficient (Wildman–Crippen LogP) is 22.3. The first-order chi connectivity index (χ1) is 39.0. The Hall–Kier alpha value is -4.71. The largest absolute Gasteiger partial charge is 0.462 e. The standard InChI is InChI=1S/C73H118O6/c1-4-7-10-13-16-19-22-25-27-28-29-30-31-32-33-34-35-36-37-38-39-40-41-42-43-44-46-48-51-54-57-60-63-66-72(75)78-69-70(68-77-71(74)65-62-59-56-53-50-47-24-21-18-15-12-9-6-3)79-73(76)67-64-61-58-55-52-49-45-26-23-20-17-14-11-8-5-2/h7,10,12,15-16,19,21,24-27,29-30,32-33,35-36,38-39,41-42,44-46,70H,4-6,8-9,11,13-14,17-18,20,22-23,28,31,34,37,40,43,47-69H2,1-3H3/b10-7-,15-12-,19-16-,24-21-,27-25-,30-29-,33-32-,36-35-,39-38-,42-41-,45-26-,46-44-. The van der Waals surface area contributed by atoms with E-state index in [1.807, 2.05) is 0 Å². The van der Waals surface area contributed by atoms with Gasteiger partial charge in [-0.2, -0.15) is 0 Å². The van der Waals surface area contributed by atoms with Crippen LogP contribution in [-0.2, 0) is 28.6 Å². The number of rotatable bonds is 57. The maximum atomic E-state index is 12.9. The van der Waals surface area contributed by atoms with Gasteiger partial charge in [0.1, 0.15) is 13.2 Å². The zero-order valence-electron chi connectivity index (χ0n) is 51.1. The van der Waals surface area contributed by atoms with Gasteiger partial charge in [-0.3, -0.25) is 14.4 Å². The van der Waals surface area contributed by atoms with E-state index in [4.69, 9.17) is 14.2 Å². The van der Waals surface area contributed by atoms with Crippen molar-refractivity contribution in [2.24, 2.45) is 0 Å². The van der Waals surface area contributed by atoms with Crippen LogP contribution >= 0.6 is 0 Å². The van der Waals surface area contributed by atoms with E-state index >= 15 is 0 Å². The van der Waals surface area contributed by atoms with E-state index in [1.165, 1.54) is 57.8 Å². The van der Waals surface area contributed by atoms with Crippen LogP contribution in [0, 0.1) is 0 Å². The first kappa shape index (κ1) is 74.3. The van der Waals surface area contributed by atoms with Gasteiger partial charge in [0, 0.05) is 19.3 Å². The fourth-order valence-electron chi connectivity index (χ4n) is 8.47. The molecular formula is C73H118O6. The SMILES string of the molecule is CC/C=C\C/C=C\C/C=C\C/C=C\C/C=C\C/C=C\C/C=C\C/C=C\C/C=C\CCCCCCCC(=O)OCC(COC(=O)CCCCCCC/C=C\C/C=C\CCC)OC(=O)CCCCCCC/C=C\CCCCCCCC. The maximum absolute atomic E-state index is 12.9. The van der Waals surface area contributed by atoms with Crippen molar-refractivity contribution in [1.82, 2.24) is 0 Å². The number of unbranched alkanes of at least 4 members (excludes halogenated alkanes) is 22. The molecule has 0 aliphatic carbocycles. The molecule has 0 aliphatic rings. The van der Waals surface area contributed by atoms with Crippen LogP contribution in [0.1, 0.15) is 278 Å². The first-order valence-corrected chi connectivity index (χ1v) is 32.3. The summed E-state index contributed by atoms with van der Waals surface area (Å²) in [5, 5.41) is 0. The van der Waals surface area contributed by atoms with Gasteiger partial charge in [-0.25, -0.2) is 0 Å². The van der Waals surface area contributed by atoms with Gasteiger partial charge in [-0.1, -0.05) is 263 Å². The van der Waals surface area contributed by atoms with E-state index in [-0.39, 0.29) is 31.1 Å². The van der Waals surface area contributed by atoms with Crippen molar-refractivity contribution >= 4 is 17.9 Å². The molecule has 79 heavy (non-hydrogen) atoms. The minimum atomic E-state index is -0.802. The summed E-state index contributed by atoms with van der Waals surface area (Å²) >= 11 is 0. The van der Waals surface area contributed by atoms with Crippen LogP contribution in [0.15, 0.2) is 146 Å². The molecule has 0 aromatic carbocycles. The zero-order valence-corrected chi connectivity index (χ0v) is 51.1. The molecule has 0 heterocycles. The molecule has 0 amide bonds. The van der Waals surface area contributed by atoms with Gasteiger partial charge in [0.25, 0.3) is 0 Å². The normalized spacial score (nSPS) is 13.1. The molecule has 0 N–H and O–H groups in total. The van der Waals surface area contributed by atoms with E-state index < -0.39 is 6.10 Å². The summed E-state index contributed by atoms with van der Waals surface area (Å²) in [5.74, 6) is -0.941. The molecule has 0 aromatic rings. The highest BCUT2D eigenvalue weighted by Crippen LogP contribution is 2.14. The van der Waals surface area contributed by atoms with Crippen molar-refractivity contribution < 1.29 is 28.6 Å². The summed E-state index contributed by atoms with van der Waals surface area (Å²) in [6.07, 6.45) is 94.2. The van der Waals surface area contributed by atoms with Crippen LogP contribution in [0.4, 0.5) is 0 Å². The molecule has 1 unspecified atom stereocenters. The van der Waals surface area contributed by atoms with Gasteiger partial charge < -0.3 is 14.2 Å². The van der Waals surface area contributed by atoms with Gasteiger partial charge in [0.15, 0.2) is 6.10 Å².